The predicted octanol–water partition coefficient (Wildman–Crippen LogP) is 18.6. The van der Waals surface area contributed by atoms with E-state index in [1.54, 1.807) is 0 Å². The normalized spacial score (nSPS) is 14.0. The number of anilines is 3. The van der Waals surface area contributed by atoms with Crippen molar-refractivity contribution in [3.05, 3.63) is 317 Å². The Morgan fingerprint density at radius 2 is 0.773 bits per heavy atom. The molecule has 0 radical (unpaired) electrons. The molecule has 0 amide bonds. The average molecular weight is 956 g/mol. The molecular formula is C72H45NO2. The van der Waals surface area contributed by atoms with Crippen molar-refractivity contribution < 1.29 is 9.47 Å². The fraction of sp³-hybridized carbons (Fsp3) is 0.0278. The number of para-hydroxylation sites is 5. The second kappa shape index (κ2) is 15.9. The molecule has 16 rings (SSSR count). The highest BCUT2D eigenvalue weighted by atomic mass is 16.5. The van der Waals surface area contributed by atoms with Crippen LogP contribution in [0.2, 0.25) is 0 Å². The van der Waals surface area contributed by atoms with Gasteiger partial charge in [-0.2, -0.15) is 0 Å². The monoisotopic (exact) mass is 955 g/mol. The van der Waals surface area contributed by atoms with Crippen LogP contribution in [0.3, 0.4) is 0 Å². The molecule has 2 heterocycles. The van der Waals surface area contributed by atoms with Gasteiger partial charge in [0.1, 0.15) is 23.0 Å². The summed E-state index contributed by atoms with van der Waals surface area (Å²) in [6.45, 7) is 0. The molecule has 3 heteroatoms. The van der Waals surface area contributed by atoms with Crippen molar-refractivity contribution >= 4 is 27.8 Å². The third-order valence-corrected chi connectivity index (χ3v) is 16.6. The molecule has 2 aliphatic carbocycles. The van der Waals surface area contributed by atoms with Crippen molar-refractivity contribution in [2.75, 3.05) is 4.90 Å². The summed E-state index contributed by atoms with van der Waals surface area (Å²) in [5, 5.41) is 2.45. The fourth-order valence-electron chi connectivity index (χ4n) is 13.7. The van der Waals surface area contributed by atoms with E-state index in [9.17, 15) is 0 Å². The van der Waals surface area contributed by atoms with Crippen LogP contribution in [0.4, 0.5) is 17.1 Å². The molecule has 0 bridgehead atoms. The smallest absolute Gasteiger partial charge is 0.132 e. The van der Waals surface area contributed by atoms with Gasteiger partial charge < -0.3 is 14.4 Å². The molecule has 0 N–H and O–H groups in total. The van der Waals surface area contributed by atoms with Gasteiger partial charge in [0.15, 0.2) is 0 Å². The summed E-state index contributed by atoms with van der Waals surface area (Å²) >= 11 is 0. The average Bonchev–Trinajstić information content (AvgIpc) is 4.05. The van der Waals surface area contributed by atoms with Crippen molar-refractivity contribution in [1.29, 1.82) is 0 Å². The summed E-state index contributed by atoms with van der Waals surface area (Å²) in [5.74, 6) is 3.49. The van der Waals surface area contributed by atoms with Crippen molar-refractivity contribution in [3.63, 3.8) is 0 Å². The van der Waals surface area contributed by atoms with Crippen molar-refractivity contribution in [2.24, 2.45) is 0 Å². The Labute approximate surface area is 435 Å². The summed E-state index contributed by atoms with van der Waals surface area (Å²) in [7, 11) is 0. The number of fused-ring (bicyclic) bond motifs is 20. The number of ether oxygens (including phenoxy) is 2. The summed E-state index contributed by atoms with van der Waals surface area (Å²) in [4.78, 5) is 2.55. The van der Waals surface area contributed by atoms with Gasteiger partial charge in [-0.15, -0.1) is 0 Å². The Morgan fingerprint density at radius 3 is 1.45 bits per heavy atom. The molecular weight excluding hydrogens is 911 g/mol. The van der Waals surface area contributed by atoms with Crippen LogP contribution in [0.25, 0.3) is 55.3 Å². The summed E-state index contributed by atoms with van der Waals surface area (Å²) in [6, 6.07) is 100. The quantitative estimate of drug-likeness (QED) is 0.172. The van der Waals surface area contributed by atoms with Gasteiger partial charge >= 0.3 is 0 Å². The largest absolute Gasteiger partial charge is 0.457 e. The molecule has 0 aromatic heterocycles. The molecule has 0 atom stereocenters. The Balaban J connectivity index is 1.01. The Hall–Kier alpha value is -9.70. The molecule has 12 aromatic carbocycles. The van der Waals surface area contributed by atoms with Crippen LogP contribution >= 0.6 is 0 Å². The minimum absolute atomic E-state index is 0.647. The van der Waals surface area contributed by atoms with Gasteiger partial charge in [-0.05, 0) is 115 Å². The first kappa shape index (κ1) is 41.9. The highest BCUT2D eigenvalue weighted by molar-refractivity contribution is 6.04. The van der Waals surface area contributed by atoms with Gasteiger partial charge in [0, 0.05) is 39.1 Å². The lowest BCUT2D eigenvalue weighted by Gasteiger charge is -2.40. The molecule has 350 valence electrons. The van der Waals surface area contributed by atoms with Gasteiger partial charge in [-0.1, -0.05) is 224 Å². The SMILES string of the molecule is c1ccc(-c2ccc(-c3ccccc3N(c3ccc4c(c3)C3(c5ccccc5Oc5ccccc53)c3c-4ccc4ccccc34)c3cccc4c3-c3ccccc3C43c4ccccc4Oc4ccccc43)cc2)cc1. The van der Waals surface area contributed by atoms with Gasteiger partial charge in [-0.25, -0.2) is 0 Å². The number of nitrogens with zero attached hydrogens (tertiary/aromatic N) is 1. The zero-order chi connectivity index (χ0) is 49.2. The highest BCUT2D eigenvalue weighted by Gasteiger charge is 2.54. The highest BCUT2D eigenvalue weighted by Crippen LogP contribution is 2.67. The molecule has 0 fully saturated rings. The minimum Gasteiger partial charge on any atom is -0.457 e. The maximum absolute atomic E-state index is 6.89. The Bertz CT molecular complexity index is 4230. The van der Waals surface area contributed by atoms with Crippen LogP contribution in [-0.2, 0) is 10.8 Å². The van der Waals surface area contributed by atoms with Crippen LogP contribution in [0, 0.1) is 0 Å². The van der Waals surface area contributed by atoms with Crippen LogP contribution < -0.4 is 14.4 Å². The van der Waals surface area contributed by atoms with Crippen LogP contribution in [-0.4, -0.2) is 0 Å². The standard InChI is InChI=1S/C72H45NO2/c1-2-19-46(20-3-1)47-37-39-49(40-38-47)51-22-7-13-31-63(51)73(64-32-18-30-61-69(64)55-24-6-8-25-56(55)71(61)57-26-9-14-33-65(57)74-66-34-15-10-27-58(66)71)50-42-44-53-54-43-41-48-21-4-5-23-52(48)70(54)72(62(53)45-50)59-28-11-16-35-67(59)75-68-36-17-12-29-60(68)72/h1-45H. The molecule has 3 nitrogen and oxygen atoms in total. The third kappa shape index (κ3) is 5.70. The van der Waals surface area contributed by atoms with Crippen LogP contribution in [0.5, 0.6) is 23.0 Å². The lowest BCUT2D eigenvalue weighted by molar-refractivity contribution is 0.436. The number of benzene rings is 12. The Morgan fingerprint density at radius 1 is 0.280 bits per heavy atom. The van der Waals surface area contributed by atoms with E-state index in [1.165, 1.54) is 66.4 Å². The summed E-state index contributed by atoms with van der Waals surface area (Å²) in [5.41, 5.74) is 20.9. The van der Waals surface area contributed by atoms with Gasteiger partial charge in [-0.3, -0.25) is 0 Å². The van der Waals surface area contributed by atoms with Crippen LogP contribution in [0.1, 0.15) is 44.5 Å². The van der Waals surface area contributed by atoms with E-state index in [2.05, 4.69) is 278 Å². The van der Waals surface area contributed by atoms with Gasteiger partial charge in [0.2, 0.25) is 0 Å². The number of rotatable bonds is 5. The molecule has 4 aliphatic rings. The van der Waals surface area contributed by atoms with Gasteiger partial charge in [0.25, 0.3) is 0 Å². The van der Waals surface area contributed by atoms with E-state index < -0.39 is 10.8 Å². The predicted molar refractivity (Wildman–Crippen MR) is 304 cm³/mol. The van der Waals surface area contributed by atoms with Crippen molar-refractivity contribution in [1.82, 2.24) is 0 Å². The minimum atomic E-state index is -0.712. The maximum atomic E-state index is 6.89. The number of hydrogen-bond donors (Lipinski definition) is 0. The topological polar surface area (TPSA) is 21.7 Å². The van der Waals surface area contributed by atoms with E-state index in [1.807, 2.05) is 0 Å². The van der Waals surface area contributed by atoms with E-state index in [-0.39, 0.29) is 0 Å². The first-order valence-electron chi connectivity index (χ1n) is 25.9. The number of hydrogen-bond acceptors (Lipinski definition) is 3. The van der Waals surface area contributed by atoms with E-state index in [4.69, 9.17) is 9.47 Å². The summed E-state index contributed by atoms with van der Waals surface area (Å²) < 4.78 is 13.7. The van der Waals surface area contributed by atoms with E-state index >= 15 is 0 Å². The molecule has 0 saturated carbocycles. The molecule has 0 saturated heterocycles. The van der Waals surface area contributed by atoms with Crippen LogP contribution in [0.15, 0.2) is 273 Å². The lowest BCUT2D eigenvalue weighted by atomic mass is 9.65. The summed E-state index contributed by atoms with van der Waals surface area (Å²) in [6.07, 6.45) is 0. The maximum Gasteiger partial charge on any atom is 0.132 e. The second-order valence-electron chi connectivity index (χ2n) is 20.2. The zero-order valence-electron chi connectivity index (χ0n) is 40.7. The lowest BCUT2D eigenvalue weighted by Crippen LogP contribution is -2.32. The first-order valence-corrected chi connectivity index (χ1v) is 25.9. The second-order valence-corrected chi connectivity index (χ2v) is 20.2. The molecule has 2 aliphatic heterocycles. The van der Waals surface area contributed by atoms with Crippen molar-refractivity contribution in [2.45, 2.75) is 10.8 Å². The molecule has 0 unspecified atom stereocenters. The molecule has 12 aromatic rings. The van der Waals surface area contributed by atoms with E-state index in [0.717, 1.165) is 73.4 Å². The van der Waals surface area contributed by atoms with E-state index in [0.29, 0.717) is 0 Å². The zero-order valence-corrected chi connectivity index (χ0v) is 40.7. The third-order valence-electron chi connectivity index (χ3n) is 16.6. The van der Waals surface area contributed by atoms with Gasteiger partial charge in [0.05, 0.1) is 22.2 Å². The van der Waals surface area contributed by atoms with Crippen molar-refractivity contribution in [3.8, 4) is 67.5 Å². The first-order chi connectivity index (χ1) is 37.2. The molecule has 2 spiro atoms. The Kier molecular flexibility index (Phi) is 8.88. The molecule has 75 heavy (non-hydrogen) atoms. The fourth-order valence-corrected chi connectivity index (χ4v) is 13.7.